The van der Waals surface area contributed by atoms with Gasteiger partial charge in [-0.25, -0.2) is 4.98 Å². The molecule has 0 radical (unpaired) electrons. The Balaban J connectivity index is 2.30. The van der Waals surface area contributed by atoms with Crippen molar-refractivity contribution in [3.63, 3.8) is 0 Å². The maximum Gasteiger partial charge on any atom is 0.180 e. The summed E-state index contributed by atoms with van der Waals surface area (Å²) in [5, 5.41) is 1.37. The highest BCUT2D eigenvalue weighted by molar-refractivity contribution is 7.15. The fourth-order valence-corrected chi connectivity index (χ4v) is 3.05. The van der Waals surface area contributed by atoms with Gasteiger partial charge in [0.1, 0.15) is 5.75 Å². The van der Waals surface area contributed by atoms with Crippen molar-refractivity contribution in [2.75, 3.05) is 12.8 Å². The van der Waals surface area contributed by atoms with E-state index in [0.29, 0.717) is 5.13 Å². The van der Waals surface area contributed by atoms with E-state index < -0.39 is 0 Å². The molecule has 1 aromatic carbocycles. The summed E-state index contributed by atoms with van der Waals surface area (Å²) < 4.78 is 5.23. The zero-order valence-corrected chi connectivity index (χ0v) is 12.6. The number of nitrogens with two attached hydrogens (primary N) is 1. The van der Waals surface area contributed by atoms with Gasteiger partial charge in [0.15, 0.2) is 5.13 Å². The van der Waals surface area contributed by atoms with Gasteiger partial charge >= 0.3 is 0 Å². The van der Waals surface area contributed by atoms with E-state index in [1.807, 2.05) is 18.2 Å². The summed E-state index contributed by atoms with van der Waals surface area (Å²) in [6.07, 6.45) is 2.76. The maximum absolute atomic E-state index is 6.24. The lowest BCUT2D eigenvalue weighted by molar-refractivity contribution is 0.414. The van der Waals surface area contributed by atoms with Crippen molar-refractivity contribution in [2.24, 2.45) is 0 Å². The molecule has 0 aliphatic heterocycles. The Kier molecular flexibility index (Phi) is 4.66. The van der Waals surface area contributed by atoms with E-state index in [9.17, 15) is 0 Å². The molecule has 0 aliphatic rings. The van der Waals surface area contributed by atoms with Crippen LogP contribution in [0.1, 0.15) is 29.5 Å². The molecule has 102 valence electrons. The predicted octanol–water partition coefficient (Wildman–Crippen LogP) is 3.93. The average Bonchev–Trinajstić information content (AvgIpc) is 2.73. The van der Waals surface area contributed by atoms with Crippen LogP contribution in [0.3, 0.4) is 0 Å². The summed E-state index contributed by atoms with van der Waals surface area (Å²) in [6, 6.07) is 5.69. The summed E-state index contributed by atoms with van der Waals surface area (Å²) in [5.74, 6) is 0.814. The number of ether oxygens (including phenoxy) is 1. The van der Waals surface area contributed by atoms with Crippen molar-refractivity contribution in [2.45, 2.75) is 26.2 Å². The van der Waals surface area contributed by atoms with Gasteiger partial charge in [-0.2, -0.15) is 0 Å². The highest BCUT2D eigenvalue weighted by atomic mass is 35.5. The first-order valence-electron chi connectivity index (χ1n) is 6.20. The fourth-order valence-electron chi connectivity index (χ4n) is 1.96. The fraction of sp³-hybridized carbons (Fsp3) is 0.357. The molecule has 0 saturated carbocycles. The molecule has 2 N–H and O–H groups in total. The molecule has 0 fully saturated rings. The predicted molar refractivity (Wildman–Crippen MR) is 81.3 cm³/mol. The van der Waals surface area contributed by atoms with E-state index in [1.165, 1.54) is 16.2 Å². The maximum atomic E-state index is 6.24. The lowest BCUT2D eigenvalue weighted by atomic mass is 10.1. The number of nitrogen functional groups attached to an aromatic ring is 1. The van der Waals surface area contributed by atoms with E-state index in [1.54, 1.807) is 7.11 Å². The average molecular weight is 297 g/mol. The number of anilines is 1. The highest BCUT2D eigenvalue weighted by Gasteiger charge is 2.12. The van der Waals surface area contributed by atoms with Gasteiger partial charge in [-0.1, -0.05) is 24.9 Å². The Bertz CT molecular complexity index is 569. The van der Waals surface area contributed by atoms with Crippen LogP contribution in [0.15, 0.2) is 18.2 Å². The Morgan fingerprint density at radius 3 is 2.89 bits per heavy atom. The smallest absolute Gasteiger partial charge is 0.180 e. The number of thiazole rings is 1. The normalized spacial score (nSPS) is 10.7. The van der Waals surface area contributed by atoms with Crippen LogP contribution in [0.4, 0.5) is 5.13 Å². The molecule has 0 aliphatic carbocycles. The SMILES string of the molecule is CCCc1nc(N)sc1Cc1cc(OC)ccc1Cl. The Labute approximate surface area is 122 Å². The van der Waals surface area contributed by atoms with Gasteiger partial charge in [0.2, 0.25) is 0 Å². The van der Waals surface area contributed by atoms with Crippen LogP contribution in [0, 0.1) is 0 Å². The molecule has 0 atom stereocenters. The number of rotatable bonds is 5. The van der Waals surface area contributed by atoms with Gasteiger partial charge in [-0.15, -0.1) is 11.3 Å². The molecule has 2 aromatic rings. The molecule has 0 spiro atoms. The van der Waals surface area contributed by atoms with Crippen LogP contribution < -0.4 is 10.5 Å². The summed E-state index contributed by atoms with van der Waals surface area (Å²) in [6.45, 7) is 2.14. The van der Waals surface area contributed by atoms with Gasteiger partial charge < -0.3 is 10.5 Å². The number of benzene rings is 1. The summed E-state index contributed by atoms with van der Waals surface area (Å²) in [4.78, 5) is 5.58. The molecule has 19 heavy (non-hydrogen) atoms. The quantitative estimate of drug-likeness (QED) is 0.909. The molecule has 1 heterocycles. The minimum Gasteiger partial charge on any atom is -0.497 e. The first kappa shape index (κ1) is 14.2. The number of halogens is 1. The lowest BCUT2D eigenvalue weighted by Gasteiger charge is -2.07. The third kappa shape index (κ3) is 3.39. The van der Waals surface area contributed by atoms with Crippen molar-refractivity contribution in [3.05, 3.63) is 39.4 Å². The zero-order chi connectivity index (χ0) is 13.8. The molecule has 0 amide bonds. The monoisotopic (exact) mass is 296 g/mol. The van der Waals surface area contributed by atoms with Crippen molar-refractivity contribution < 1.29 is 4.74 Å². The molecule has 0 unspecified atom stereocenters. The van der Waals surface area contributed by atoms with Gasteiger partial charge in [-0.3, -0.25) is 0 Å². The zero-order valence-electron chi connectivity index (χ0n) is 11.1. The number of aromatic nitrogens is 1. The second-order valence-electron chi connectivity index (χ2n) is 4.31. The second-order valence-corrected chi connectivity index (χ2v) is 5.83. The molecule has 0 bridgehead atoms. The molecule has 2 rings (SSSR count). The van der Waals surface area contributed by atoms with Crippen LogP contribution in [0.5, 0.6) is 5.75 Å². The highest BCUT2D eigenvalue weighted by Crippen LogP contribution is 2.29. The first-order chi connectivity index (χ1) is 9.13. The third-order valence-electron chi connectivity index (χ3n) is 2.89. The van der Waals surface area contributed by atoms with Crippen LogP contribution >= 0.6 is 22.9 Å². The molecule has 5 heteroatoms. The van der Waals surface area contributed by atoms with Gasteiger partial charge in [-0.05, 0) is 30.2 Å². The van der Waals surface area contributed by atoms with Crippen molar-refractivity contribution in [1.82, 2.24) is 4.98 Å². The van der Waals surface area contributed by atoms with Crippen molar-refractivity contribution in [3.8, 4) is 5.75 Å². The van der Waals surface area contributed by atoms with Crippen LogP contribution in [0.25, 0.3) is 0 Å². The minimum atomic E-state index is 0.623. The standard InChI is InChI=1S/C14H17ClN2OS/c1-3-4-12-13(19-14(16)17-12)8-9-7-10(18-2)5-6-11(9)15/h5-7H,3-4,8H2,1-2H3,(H2,16,17). The number of aryl methyl sites for hydroxylation is 1. The van der Waals surface area contributed by atoms with E-state index >= 15 is 0 Å². The molecular formula is C14H17ClN2OS. The number of nitrogens with zero attached hydrogens (tertiary/aromatic N) is 1. The van der Waals surface area contributed by atoms with Crippen molar-refractivity contribution >= 4 is 28.1 Å². The van der Waals surface area contributed by atoms with Crippen LogP contribution in [0.2, 0.25) is 5.02 Å². The number of hydrogen-bond acceptors (Lipinski definition) is 4. The first-order valence-corrected chi connectivity index (χ1v) is 7.40. The van der Waals surface area contributed by atoms with Crippen LogP contribution in [-0.4, -0.2) is 12.1 Å². The Morgan fingerprint density at radius 2 is 2.21 bits per heavy atom. The van der Waals surface area contributed by atoms with E-state index in [4.69, 9.17) is 22.1 Å². The Hall–Kier alpha value is -1.26. The van der Waals surface area contributed by atoms with Gasteiger partial charge in [0, 0.05) is 16.3 Å². The summed E-state index contributed by atoms with van der Waals surface area (Å²) >= 11 is 7.78. The largest absolute Gasteiger partial charge is 0.497 e. The molecule has 3 nitrogen and oxygen atoms in total. The molecular weight excluding hydrogens is 280 g/mol. The third-order valence-corrected chi connectivity index (χ3v) is 4.18. The van der Waals surface area contributed by atoms with Crippen LogP contribution in [-0.2, 0) is 12.8 Å². The summed E-state index contributed by atoms with van der Waals surface area (Å²) in [7, 11) is 1.65. The van der Waals surface area contributed by atoms with E-state index in [2.05, 4.69) is 11.9 Å². The Morgan fingerprint density at radius 1 is 1.42 bits per heavy atom. The lowest BCUT2D eigenvalue weighted by Crippen LogP contribution is -1.94. The number of hydrogen-bond donors (Lipinski definition) is 1. The van der Waals surface area contributed by atoms with Gasteiger partial charge in [0.25, 0.3) is 0 Å². The second kappa shape index (κ2) is 6.26. The molecule has 0 saturated heterocycles. The summed E-state index contributed by atoms with van der Waals surface area (Å²) in [5.41, 5.74) is 7.94. The number of methoxy groups -OCH3 is 1. The molecule has 1 aromatic heterocycles. The van der Waals surface area contributed by atoms with E-state index in [-0.39, 0.29) is 0 Å². The van der Waals surface area contributed by atoms with Crippen molar-refractivity contribution in [1.29, 1.82) is 0 Å². The topological polar surface area (TPSA) is 48.1 Å². The van der Waals surface area contributed by atoms with Gasteiger partial charge in [0.05, 0.1) is 12.8 Å². The van der Waals surface area contributed by atoms with E-state index in [0.717, 1.165) is 41.3 Å². The minimum absolute atomic E-state index is 0.623.